The fourth-order valence-corrected chi connectivity index (χ4v) is 3.01. The normalized spacial score (nSPS) is 16.2. The number of hydrogen-bond donors (Lipinski definition) is 1. The first-order chi connectivity index (χ1) is 11.0. The van der Waals surface area contributed by atoms with Gasteiger partial charge in [0.05, 0.1) is 16.7 Å². The van der Waals surface area contributed by atoms with Gasteiger partial charge in [0.25, 0.3) is 5.91 Å². The molecule has 116 valence electrons. The summed E-state index contributed by atoms with van der Waals surface area (Å²) >= 11 is 6.27. The first-order valence-corrected chi connectivity index (χ1v) is 7.61. The van der Waals surface area contributed by atoms with Crippen molar-refractivity contribution < 1.29 is 14.1 Å². The molecule has 1 N–H and O–H groups in total. The van der Waals surface area contributed by atoms with Crippen LogP contribution in [0.4, 0.5) is 11.6 Å². The first-order valence-electron chi connectivity index (χ1n) is 6.38. The van der Waals surface area contributed by atoms with Gasteiger partial charge in [0, 0.05) is 6.08 Å². The molecular formula is C14H9N3O4S2. The van der Waals surface area contributed by atoms with Crippen LogP contribution in [0.3, 0.4) is 0 Å². The highest BCUT2D eigenvalue weighted by molar-refractivity contribution is 8.26. The minimum Gasteiger partial charge on any atom is -0.401 e. The number of hydrazine groups is 1. The molecule has 2 heterocycles. The number of thioether (sulfide) groups is 1. The predicted octanol–water partition coefficient (Wildman–Crippen LogP) is 3.42. The standard InChI is InChI=1S/C14H9N3O4S2/c18-13-11(8-10-6-7-12(21-10)17(19)20)23-14(22)16(13)15-9-4-2-1-3-5-9/h1-8,15H/b11-8+. The highest BCUT2D eigenvalue weighted by Gasteiger charge is 2.33. The molecule has 1 aliphatic rings. The van der Waals surface area contributed by atoms with Gasteiger partial charge < -0.3 is 4.42 Å². The van der Waals surface area contributed by atoms with Gasteiger partial charge in [0.2, 0.25) is 0 Å². The number of anilines is 1. The molecule has 0 atom stereocenters. The molecule has 9 heteroatoms. The van der Waals surface area contributed by atoms with Crippen LogP contribution in [0.15, 0.2) is 51.8 Å². The second kappa shape index (κ2) is 6.23. The van der Waals surface area contributed by atoms with Crippen LogP contribution in [-0.2, 0) is 4.79 Å². The quantitative estimate of drug-likeness (QED) is 0.392. The van der Waals surface area contributed by atoms with Crippen LogP contribution < -0.4 is 5.43 Å². The summed E-state index contributed by atoms with van der Waals surface area (Å²) in [7, 11) is 0. The fraction of sp³-hybridized carbons (Fsp3) is 0. The molecule has 0 spiro atoms. The number of amides is 1. The molecule has 0 radical (unpaired) electrons. The Balaban J connectivity index is 1.80. The Morgan fingerprint density at radius 3 is 2.65 bits per heavy atom. The summed E-state index contributed by atoms with van der Waals surface area (Å²) in [5.41, 5.74) is 3.64. The van der Waals surface area contributed by atoms with Crippen molar-refractivity contribution in [3.05, 3.63) is 63.2 Å². The molecule has 0 bridgehead atoms. The Morgan fingerprint density at radius 2 is 2.00 bits per heavy atom. The van der Waals surface area contributed by atoms with Crippen LogP contribution in [0, 0.1) is 10.1 Å². The average molecular weight is 347 g/mol. The largest absolute Gasteiger partial charge is 0.433 e. The van der Waals surface area contributed by atoms with Crippen molar-refractivity contribution in [3.63, 3.8) is 0 Å². The minimum absolute atomic E-state index is 0.219. The third-order valence-electron chi connectivity index (χ3n) is 2.87. The summed E-state index contributed by atoms with van der Waals surface area (Å²) in [5.74, 6) is -0.506. The summed E-state index contributed by atoms with van der Waals surface area (Å²) in [4.78, 5) is 22.7. The molecule has 3 rings (SSSR count). The molecule has 1 amide bonds. The second-order valence-corrected chi connectivity index (χ2v) is 6.10. The van der Waals surface area contributed by atoms with Crippen molar-refractivity contribution in [2.75, 3.05) is 5.43 Å². The molecule has 7 nitrogen and oxygen atoms in total. The van der Waals surface area contributed by atoms with Gasteiger partial charge in [-0.3, -0.25) is 20.3 Å². The van der Waals surface area contributed by atoms with Crippen LogP contribution in [0.2, 0.25) is 0 Å². The van der Waals surface area contributed by atoms with E-state index in [0.717, 1.165) is 17.4 Å². The monoisotopic (exact) mass is 347 g/mol. The van der Waals surface area contributed by atoms with Gasteiger partial charge in [0.1, 0.15) is 10.7 Å². The van der Waals surface area contributed by atoms with Crippen LogP contribution >= 0.6 is 24.0 Å². The summed E-state index contributed by atoms with van der Waals surface area (Å²) in [5, 5.41) is 11.9. The SMILES string of the molecule is O=C1/C(=C\c2ccc([N+](=O)[O-])o2)SC(=S)N1Nc1ccccc1. The van der Waals surface area contributed by atoms with Crippen LogP contribution in [-0.4, -0.2) is 20.2 Å². The Labute approximate surface area is 140 Å². The number of furan rings is 1. The van der Waals surface area contributed by atoms with E-state index in [0.29, 0.717) is 9.23 Å². The molecule has 1 aromatic heterocycles. The van der Waals surface area contributed by atoms with Gasteiger partial charge in [-0.25, -0.2) is 5.01 Å². The van der Waals surface area contributed by atoms with Gasteiger partial charge in [-0.15, -0.1) is 0 Å². The maximum absolute atomic E-state index is 12.4. The van der Waals surface area contributed by atoms with Gasteiger partial charge in [0.15, 0.2) is 4.32 Å². The topological polar surface area (TPSA) is 88.6 Å². The highest BCUT2D eigenvalue weighted by atomic mass is 32.2. The zero-order valence-electron chi connectivity index (χ0n) is 11.5. The molecule has 1 fully saturated rings. The Bertz CT molecular complexity index is 816. The Kier molecular flexibility index (Phi) is 4.13. The molecule has 2 aromatic rings. The van der Waals surface area contributed by atoms with Crippen molar-refractivity contribution in [1.82, 2.24) is 5.01 Å². The fourth-order valence-electron chi connectivity index (χ4n) is 1.85. The zero-order chi connectivity index (χ0) is 16.4. The zero-order valence-corrected chi connectivity index (χ0v) is 13.1. The lowest BCUT2D eigenvalue weighted by atomic mass is 10.3. The van der Waals surface area contributed by atoms with E-state index in [1.807, 2.05) is 18.2 Å². The molecule has 0 aliphatic carbocycles. The Morgan fingerprint density at radius 1 is 1.26 bits per heavy atom. The Hall–Kier alpha value is -2.65. The third-order valence-corrected chi connectivity index (χ3v) is 4.18. The summed E-state index contributed by atoms with van der Waals surface area (Å²) in [6.07, 6.45) is 1.43. The number of carbonyl (C=O) groups excluding carboxylic acids is 1. The number of para-hydroxylation sites is 1. The minimum atomic E-state index is -0.639. The van der Waals surface area contributed by atoms with Crippen molar-refractivity contribution in [3.8, 4) is 0 Å². The maximum atomic E-state index is 12.4. The maximum Gasteiger partial charge on any atom is 0.433 e. The van der Waals surface area contributed by atoms with Crippen LogP contribution in [0.5, 0.6) is 0 Å². The molecule has 0 unspecified atom stereocenters. The van der Waals surface area contributed by atoms with E-state index in [-0.39, 0.29) is 17.6 Å². The van der Waals surface area contributed by atoms with Crippen LogP contribution in [0.1, 0.15) is 5.76 Å². The summed E-state index contributed by atoms with van der Waals surface area (Å²) in [6, 6.07) is 11.8. The number of carbonyl (C=O) groups is 1. The molecule has 1 aromatic carbocycles. The number of thiocarbonyl (C=S) groups is 1. The number of hydrogen-bond acceptors (Lipinski definition) is 7. The predicted molar refractivity (Wildman–Crippen MR) is 90.4 cm³/mol. The van der Waals surface area contributed by atoms with E-state index in [1.54, 1.807) is 12.1 Å². The lowest BCUT2D eigenvalue weighted by Crippen LogP contribution is -2.33. The number of nitro groups is 1. The van der Waals surface area contributed by atoms with Gasteiger partial charge in [-0.1, -0.05) is 30.0 Å². The second-order valence-electron chi connectivity index (χ2n) is 4.43. The van der Waals surface area contributed by atoms with E-state index < -0.39 is 4.92 Å². The van der Waals surface area contributed by atoms with Crippen molar-refractivity contribution in [2.24, 2.45) is 0 Å². The number of nitrogens with zero attached hydrogens (tertiary/aromatic N) is 2. The van der Waals surface area contributed by atoms with Gasteiger partial charge >= 0.3 is 5.88 Å². The number of rotatable bonds is 4. The summed E-state index contributed by atoms with van der Waals surface area (Å²) in [6.45, 7) is 0. The van der Waals surface area contributed by atoms with Crippen molar-refractivity contribution in [2.45, 2.75) is 0 Å². The van der Waals surface area contributed by atoms with E-state index in [1.165, 1.54) is 23.2 Å². The highest BCUT2D eigenvalue weighted by Crippen LogP contribution is 2.33. The van der Waals surface area contributed by atoms with Gasteiger partial charge in [-0.2, -0.15) is 0 Å². The summed E-state index contributed by atoms with van der Waals surface area (Å²) < 4.78 is 5.36. The third kappa shape index (κ3) is 3.25. The van der Waals surface area contributed by atoms with Crippen LogP contribution in [0.25, 0.3) is 6.08 Å². The van der Waals surface area contributed by atoms with E-state index >= 15 is 0 Å². The van der Waals surface area contributed by atoms with E-state index in [4.69, 9.17) is 16.6 Å². The molecular weight excluding hydrogens is 338 g/mol. The van der Waals surface area contributed by atoms with E-state index in [2.05, 4.69) is 5.43 Å². The lowest BCUT2D eigenvalue weighted by molar-refractivity contribution is -0.402. The smallest absolute Gasteiger partial charge is 0.401 e. The van der Waals surface area contributed by atoms with E-state index in [9.17, 15) is 14.9 Å². The number of nitrogens with one attached hydrogen (secondary N) is 1. The number of benzene rings is 1. The average Bonchev–Trinajstić information content (AvgIpc) is 3.10. The van der Waals surface area contributed by atoms with Crippen molar-refractivity contribution in [1.29, 1.82) is 0 Å². The molecule has 1 saturated heterocycles. The van der Waals surface area contributed by atoms with Gasteiger partial charge in [-0.05, 0) is 30.4 Å². The molecule has 1 aliphatic heterocycles. The molecule has 23 heavy (non-hydrogen) atoms. The first kappa shape index (κ1) is 15.3. The van der Waals surface area contributed by atoms with Crippen molar-refractivity contribution >= 4 is 51.9 Å². The lowest BCUT2D eigenvalue weighted by Gasteiger charge is -2.16. The molecule has 0 saturated carbocycles.